The Bertz CT molecular complexity index is 842. The standard InChI is InChI=1S/C23H29B2N2O4.C5H5.Fe/c1-26(16-20-8-3-5-12-22(20)24(28)29)14-18-10-7-11-19(18)15-27(2)17-21-9-4-6-13-23(21)25(30)31;1-2-4-5-3-1;/h3-13,28-31H,14-17H2,1-2H3;1-5H;/q;;+2. The van der Waals surface area contributed by atoms with Crippen LogP contribution in [0.5, 0.6) is 0 Å². The molecule has 2 aromatic carbocycles. The van der Waals surface area contributed by atoms with E-state index >= 15 is 0 Å². The molecular weight excluding hydrogens is 506 g/mol. The van der Waals surface area contributed by atoms with Gasteiger partial charge in [0.2, 0.25) is 0 Å². The SMILES string of the molecule is CN(C[C]1[CH][CH][CH][C]1CN(C)Cc1ccccc1B(O)O)Cc1ccccc1B(O)O.[CH]1[CH][CH][CH][CH]1.[Fe+2]. The second kappa shape index (κ2) is 16.7. The molecule has 0 spiro atoms. The van der Waals surface area contributed by atoms with Gasteiger partial charge in [-0.3, -0.25) is 0 Å². The van der Waals surface area contributed by atoms with Gasteiger partial charge in [-0.15, -0.1) is 0 Å². The Hall–Kier alpha value is -1.15. The molecule has 2 aliphatic carbocycles. The summed E-state index contributed by atoms with van der Waals surface area (Å²) in [5.41, 5.74) is 2.84. The number of benzene rings is 2. The van der Waals surface area contributed by atoms with Crippen molar-refractivity contribution in [1.29, 1.82) is 0 Å². The molecule has 0 aromatic heterocycles. The second-order valence-electron chi connectivity index (χ2n) is 9.03. The number of hydrogen-bond acceptors (Lipinski definition) is 6. The van der Waals surface area contributed by atoms with Gasteiger partial charge in [0, 0.05) is 38.0 Å². The fourth-order valence-corrected chi connectivity index (χ4v) is 4.26. The third-order valence-electron chi connectivity index (χ3n) is 5.99. The van der Waals surface area contributed by atoms with E-state index in [-0.39, 0.29) is 17.1 Å². The molecule has 37 heavy (non-hydrogen) atoms. The van der Waals surface area contributed by atoms with E-state index < -0.39 is 14.2 Å². The molecule has 4 N–H and O–H groups in total. The first-order chi connectivity index (χ1) is 17.3. The first-order valence-corrected chi connectivity index (χ1v) is 12.0. The van der Waals surface area contributed by atoms with Crippen LogP contribution >= 0.6 is 0 Å². The van der Waals surface area contributed by atoms with Gasteiger partial charge in [-0.2, -0.15) is 0 Å². The van der Waals surface area contributed by atoms with E-state index in [1.807, 2.05) is 76.9 Å². The third-order valence-corrected chi connectivity index (χ3v) is 5.99. The Labute approximate surface area is 234 Å². The van der Waals surface area contributed by atoms with Crippen LogP contribution in [0.4, 0.5) is 0 Å². The van der Waals surface area contributed by atoms with Crippen molar-refractivity contribution in [3.8, 4) is 0 Å². The smallest absolute Gasteiger partial charge is 0.423 e. The topological polar surface area (TPSA) is 87.4 Å². The molecule has 2 saturated carbocycles. The zero-order valence-corrected chi connectivity index (χ0v) is 22.4. The molecule has 0 atom stereocenters. The average Bonchev–Trinajstić information content (AvgIpc) is 3.55. The molecule has 2 aromatic rings. The van der Waals surface area contributed by atoms with Crippen molar-refractivity contribution in [3.05, 3.63) is 123 Å². The van der Waals surface area contributed by atoms with Crippen molar-refractivity contribution < 1.29 is 37.2 Å². The van der Waals surface area contributed by atoms with Crippen LogP contribution in [0.25, 0.3) is 0 Å². The molecule has 0 saturated heterocycles. The van der Waals surface area contributed by atoms with Crippen LogP contribution in [0.15, 0.2) is 48.5 Å². The summed E-state index contributed by atoms with van der Waals surface area (Å²) >= 11 is 0. The molecule has 0 bridgehead atoms. The minimum absolute atomic E-state index is 0. The van der Waals surface area contributed by atoms with Crippen molar-refractivity contribution in [3.63, 3.8) is 0 Å². The minimum atomic E-state index is -1.48. The summed E-state index contributed by atoms with van der Waals surface area (Å²) < 4.78 is 0. The number of rotatable bonds is 10. The maximum atomic E-state index is 9.59. The van der Waals surface area contributed by atoms with Crippen LogP contribution in [0.1, 0.15) is 11.1 Å². The zero-order chi connectivity index (χ0) is 25.9. The summed E-state index contributed by atoms with van der Waals surface area (Å²) in [5, 5.41) is 38.4. The van der Waals surface area contributed by atoms with Crippen molar-refractivity contribution in [1.82, 2.24) is 9.80 Å². The predicted molar refractivity (Wildman–Crippen MR) is 146 cm³/mol. The Morgan fingerprint density at radius 1 is 0.541 bits per heavy atom. The predicted octanol–water partition coefficient (Wildman–Crippen LogP) is 0.404. The van der Waals surface area contributed by atoms with Gasteiger partial charge < -0.3 is 29.9 Å². The summed E-state index contributed by atoms with van der Waals surface area (Å²) in [6, 6.07) is 14.7. The van der Waals surface area contributed by atoms with E-state index in [4.69, 9.17) is 0 Å². The molecule has 10 radical (unpaired) electrons. The van der Waals surface area contributed by atoms with Gasteiger partial charge in [0.25, 0.3) is 0 Å². The van der Waals surface area contributed by atoms with Gasteiger partial charge in [-0.25, -0.2) is 0 Å². The average molecular weight is 540 g/mol. The first kappa shape index (κ1) is 32.1. The van der Waals surface area contributed by atoms with Crippen LogP contribution in [0.2, 0.25) is 0 Å². The minimum Gasteiger partial charge on any atom is -0.423 e. The van der Waals surface area contributed by atoms with Crippen LogP contribution < -0.4 is 10.9 Å². The zero-order valence-electron chi connectivity index (χ0n) is 21.3. The molecular formula is C28H34B2FeN2O4+2. The monoisotopic (exact) mass is 540 g/mol. The van der Waals surface area contributed by atoms with Crippen molar-refractivity contribution in [2.24, 2.45) is 0 Å². The van der Waals surface area contributed by atoms with Gasteiger partial charge in [0.1, 0.15) is 0 Å². The van der Waals surface area contributed by atoms with Crippen LogP contribution in [-0.4, -0.2) is 71.3 Å². The van der Waals surface area contributed by atoms with E-state index in [1.165, 1.54) is 11.8 Å². The second-order valence-corrected chi connectivity index (χ2v) is 9.03. The largest absolute Gasteiger partial charge is 2.00 e. The van der Waals surface area contributed by atoms with E-state index in [0.717, 1.165) is 24.2 Å². The van der Waals surface area contributed by atoms with E-state index in [2.05, 4.69) is 22.6 Å². The number of nitrogens with zero attached hydrogens (tertiary/aromatic N) is 2. The Morgan fingerprint density at radius 2 is 0.892 bits per heavy atom. The van der Waals surface area contributed by atoms with Crippen LogP contribution in [-0.2, 0) is 30.2 Å². The van der Waals surface area contributed by atoms with E-state index in [1.54, 1.807) is 24.3 Å². The summed E-state index contributed by atoms with van der Waals surface area (Å²) in [5.74, 6) is 2.43. The maximum Gasteiger partial charge on any atom is 2.00 e. The van der Waals surface area contributed by atoms with Gasteiger partial charge in [0.15, 0.2) is 0 Å². The molecule has 0 unspecified atom stereocenters. The molecule has 0 heterocycles. The Balaban J connectivity index is 0.000000716. The number of hydrogen-bond donors (Lipinski definition) is 4. The normalized spacial score (nSPS) is 16.0. The van der Waals surface area contributed by atoms with Crippen molar-refractivity contribution in [2.75, 3.05) is 27.2 Å². The Morgan fingerprint density at radius 3 is 1.24 bits per heavy atom. The maximum absolute atomic E-state index is 9.59. The molecule has 192 valence electrons. The fraction of sp³-hybridized carbons (Fsp3) is 0.214. The summed E-state index contributed by atoms with van der Waals surface area (Å²) in [7, 11) is 1.07. The molecule has 2 aliphatic rings. The van der Waals surface area contributed by atoms with Crippen LogP contribution in [0.3, 0.4) is 0 Å². The van der Waals surface area contributed by atoms with Gasteiger partial charge in [-0.1, -0.05) is 48.5 Å². The molecule has 9 heteroatoms. The third kappa shape index (κ3) is 10.5. The van der Waals surface area contributed by atoms with Crippen molar-refractivity contribution in [2.45, 2.75) is 13.1 Å². The quantitative estimate of drug-likeness (QED) is 0.327. The van der Waals surface area contributed by atoms with E-state index in [0.29, 0.717) is 24.0 Å². The Kier molecular flexibility index (Phi) is 14.5. The molecule has 6 nitrogen and oxygen atoms in total. The van der Waals surface area contributed by atoms with Gasteiger partial charge >= 0.3 is 31.3 Å². The van der Waals surface area contributed by atoms with Crippen molar-refractivity contribution >= 4 is 25.2 Å². The fourth-order valence-electron chi connectivity index (χ4n) is 4.26. The van der Waals surface area contributed by atoms with E-state index in [9.17, 15) is 20.1 Å². The summed E-state index contributed by atoms with van der Waals surface area (Å²) in [6.45, 7) is 2.68. The molecule has 2 fully saturated rings. The first-order valence-electron chi connectivity index (χ1n) is 12.0. The summed E-state index contributed by atoms with van der Waals surface area (Å²) in [4.78, 5) is 4.30. The molecule has 4 rings (SSSR count). The molecule has 0 amide bonds. The van der Waals surface area contributed by atoms with Gasteiger partial charge in [-0.05, 0) is 87.5 Å². The van der Waals surface area contributed by atoms with Crippen LogP contribution in [0, 0.1) is 63.2 Å². The van der Waals surface area contributed by atoms with Gasteiger partial charge in [0.05, 0.1) is 0 Å². The molecule has 0 aliphatic heterocycles. The summed E-state index contributed by atoms with van der Waals surface area (Å²) in [6.07, 6.45) is 16.3.